The van der Waals surface area contributed by atoms with Crippen LogP contribution in [0.25, 0.3) is 0 Å². The van der Waals surface area contributed by atoms with Crippen LogP contribution in [0.1, 0.15) is 74.3 Å². The molecule has 0 aliphatic rings. The standard InChI is InChI=1S/C59H71Cl2N9O12S/c1-5-39(3)54(69-56(75)50(66-40(4)71)32-41-23-25-44(26-24-41)81-36-46-47(60)18-12-19-48(46)61)58(77)65-33-52(72)67-51(37-80-34-42-14-8-6-9-15-42)57(76)68-49(55(74)63-31-29-53(73)82-35-43-16-10-7-11-17-43)20-13-30-64-59(62)70-83(78,79)45-27-21-38(2)22-28-45/h6-12,14-19,21-28,39,49-51,54H,5,13,20,29-37H2,1-4H3,(H,63,74)(H,65,77)(H,66,71)(H,67,72)(H,68,76)(H,69,75)(H3,62,64,70)/t39-,49-,50-,51-,54-/m0/s1. The lowest BCUT2D eigenvalue weighted by Crippen LogP contribution is -2.58. The summed E-state index contributed by atoms with van der Waals surface area (Å²) in [5.74, 6) is -5.22. The number of benzene rings is 5. The van der Waals surface area contributed by atoms with Gasteiger partial charge in [0.25, 0.3) is 10.0 Å². The second-order valence-corrected chi connectivity index (χ2v) is 21.9. The third-order valence-corrected chi connectivity index (χ3v) is 14.9. The SMILES string of the molecule is CC[C@H](C)[C@H](NC(=O)[C@H](Cc1ccc(OCc2c(Cl)cccc2Cl)cc1)NC(C)=O)C(=O)NCC(=O)N[C@@H](COCc1ccccc1)C(=O)N[C@@H](CCCN=C(N)NS(=O)(=O)c1ccc(C)cc1)C(=O)NCCC(=O)OCc1ccccc1. The fourth-order valence-electron chi connectivity index (χ4n) is 7.97. The third-order valence-electron chi connectivity index (χ3n) is 12.8. The first kappa shape index (κ1) is 65.8. The first-order valence-corrected chi connectivity index (χ1v) is 29.0. The molecule has 0 radical (unpaired) electrons. The van der Waals surface area contributed by atoms with Crippen molar-refractivity contribution in [1.82, 2.24) is 36.6 Å². The number of aryl methyl sites for hydroxylation is 1. The molecule has 0 saturated heterocycles. The van der Waals surface area contributed by atoms with Crippen molar-refractivity contribution in [2.75, 3.05) is 26.2 Å². The Morgan fingerprint density at radius 1 is 0.663 bits per heavy atom. The maximum Gasteiger partial charge on any atom is 0.307 e. The summed E-state index contributed by atoms with van der Waals surface area (Å²) in [6, 6.07) is 31.1. The van der Waals surface area contributed by atoms with E-state index in [4.69, 9.17) is 43.1 Å². The van der Waals surface area contributed by atoms with E-state index < -0.39 is 101 Å². The minimum atomic E-state index is -4.06. The summed E-state index contributed by atoms with van der Waals surface area (Å²) >= 11 is 12.6. The van der Waals surface area contributed by atoms with E-state index in [0.717, 1.165) is 16.7 Å². The summed E-state index contributed by atoms with van der Waals surface area (Å²) in [4.78, 5) is 98.6. The monoisotopic (exact) mass is 1200 g/mol. The smallest absolute Gasteiger partial charge is 0.307 e. The molecule has 0 fully saturated rings. The number of carbonyl (C=O) groups is 7. The van der Waals surface area contributed by atoms with Gasteiger partial charge in [-0.25, -0.2) is 13.1 Å². The Morgan fingerprint density at radius 3 is 1.92 bits per heavy atom. The highest BCUT2D eigenvalue weighted by molar-refractivity contribution is 7.90. The number of ether oxygens (including phenoxy) is 3. The first-order chi connectivity index (χ1) is 39.7. The van der Waals surface area contributed by atoms with Crippen LogP contribution in [0.5, 0.6) is 5.75 Å². The van der Waals surface area contributed by atoms with Gasteiger partial charge in [-0.3, -0.25) is 38.6 Å². The first-order valence-electron chi connectivity index (χ1n) is 26.8. The molecule has 0 aliphatic carbocycles. The molecule has 83 heavy (non-hydrogen) atoms. The predicted octanol–water partition coefficient (Wildman–Crippen LogP) is 5.08. The molecule has 0 aliphatic heterocycles. The van der Waals surface area contributed by atoms with Gasteiger partial charge in [0, 0.05) is 42.0 Å². The Kier molecular flexibility index (Phi) is 26.8. The number of rotatable bonds is 32. The van der Waals surface area contributed by atoms with Gasteiger partial charge in [-0.15, -0.1) is 0 Å². The van der Waals surface area contributed by atoms with Crippen LogP contribution in [-0.2, 0) is 79.3 Å². The quantitative estimate of drug-likeness (QED) is 0.0121. The van der Waals surface area contributed by atoms with Crippen molar-refractivity contribution in [2.45, 2.75) is 109 Å². The van der Waals surface area contributed by atoms with Crippen molar-refractivity contribution in [2.24, 2.45) is 16.6 Å². The number of amides is 6. The summed E-state index contributed by atoms with van der Waals surface area (Å²) in [5.41, 5.74) is 9.60. The van der Waals surface area contributed by atoms with Gasteiger partial charge in [-0.2, -0.15) is 0 Å². The Morgan fingerprint density at radius 2 is 1.29 bits per heavy atom. The van der Waals surface area contributed by atoms with Crippen LogP contribution in [-0.4, -0.2) is 106 Å². The molecule has 9 N–H and O–H groups in total. The highest BCUT2D eigenvalue weighted by Gasteiger charge is 2.32. The molecular weight excluding hydrogens is 1130 g/mol. The highest BCUT2D eigenvalue weighted by Crippen LogP contribution is 2.26. The molecule has 0 saturated carbocycles. The van der Waals surface area contributed by atoms with Crippen LogP contribution in [0.2, 0.25) is 10.0 Å². The van der Waals surface area contributed by atoms with Crippen molar-refractivity contribution < 1.29 is 56.2 Å². The Labute approximate surface area is 493 Å². The van der Waals surface area contributed by atoms with E-state index in [0.29, 0.717) is 33.3 Å². The van der Waals surface area contributed by atoms with Gasteiger partial charge in [-0.1, -0.05) is 140 Å². The van der Waals surface area contributed by atoms with Crippen LogP contribution in [0.3, 0.4) is 0 Å². The van der Waals surface area contributed by atoms with E-state index in [2.05, 4.69) is 41.6 Å². The number of esters is 1. The Hall–Kier alpha value is -8.05. The fraction of sp³-hybridized carbons (Fsp3) is 0.356. The number of guanidine groups is 1. The van der Waals surface area contributed by atoms with Gasteiger partial charge in [0.05, 0.1) is 31.1 Å². The van der Waals surface area contributed by atoms with Gasteiger partial charge >= 0.3 is 5.97 Å². The van der Waals surface area contributed by atoms with E-state index in [-0.39, 0.29) is 63.5 Å². The molecule has 24 heteroatoms. The lowest BCUT2D eigenvalue weighted by molar-refractivity contribution is -0.145. The van der Waals surface area contributed by atoms with Crippen molar-refractivity contribution in [3.05, 3.63) is 165 Å². The minimum absolute atomic E-state index is 0.0221. The molecule has 0 heterocycles. The van der Waals surface area contributed by atoms with Crippen LogP contribution >= 0.6 is 23.2 Å². The zero-order chi connectivity index (χ0) is 60.3. The average molecular weight is 1200 g/mol. The zero-order valence-electron chi connectivity index (χ0n) is 46.6. The van der Waals surface area contributed by atoms with E-state index in [9.17, 15) is 42.0 Å². The topological polar surface area (TPSA) is 304 Å². The number of nitrogens with zero attached hydrogens (tertiary/aromatic N) is 1. The van der Waals surface area contributed by atoms with Gasteiger partial charge in [-0.05, 0) is 78.8 Å². The number of aliphatic imine (C=N–C) groups is 1. The van der Waals surface area contributed by atoms with E-state index in [1.54, 1.807) is 110 Å². The van der Waals surface area contributed by atoms with Crippen LogP contribution in [0, 0.1) is 12.8 Å². The van der Waals surface area contributed by atoms with E-state index in [1.807, 2.05) is 26.0 Å². The lowest BCUT2D eigenvalue weighted by atomic mass is 9.97. The number of hydrogen-bond acceptors (Lipinski definition) is 13. The molecule has 0 aromatic heterocycles. The fourth-order valence-corrected chi connectivity index (χ4v) is 9.43. The molecule has 444 valence electrons. The molecular formula is C59H71Cl2N9O12S. The Balaban J connectivity index is 1.24. The summed E-state index contributed by atoms with van der Waals surface area (Å²) in [5, 5.41) is 16.8. The van der Waals surface area contributed by atoms with Crippen molar-refractivity contribution in [1.29, 1.82) is 0 Å². The molecule has 21 nitrogen and oxygen atoms in total. The molecule has 0 spiro atoms. The summed E-state index contributed by atoms with van der Waals surface area (Å²) < 4.78 is 45.1. The second-order valence-electron chi connectivity index (χ2n) is 19.4. The van der Waals surface area contributed by atoms with E-state index >= 15 is 0 Å². The second kappa shape index (κ2) is 33.8. The lowest BCUT2D eigenvalue weighted by Gasteiger charge is -2.27. The number of nitrogens with two attached hydrogens (primary N) is 1. The predicted molar refractivity (Wildman–Crippen MR) is 314 cm³/mol. The molecule has 5 atom stereocenters. The molecule has 0 unspecified atom stereocenters. The number of halogens is 2. The maximum atomic E-state index is 14.2. The van der Waals surface area contributed by atoms with Gasteiger partial charge < -0.3 is 51.8 Å². The molecule has 5 aromatic rings. The van der Waals surface area contributed by atoms with Crippen LogP contribution < -0.4 is 47.1 Å². The van der Waals surface area contributed by atoms with Crippen molar-refractivity contribution in [3.63, 3.8) is 0 Å². The van der Waals surface area contributed by atoms with Crippen molar-refractivity contribution in [3.8, 4) is 5.75 Å². The average Bonchev–Trinajstić information content (AvgIpc) is 3.48. The number of sulfonamides is 1. The largest absolute Gasteiger partial charge is 0.489 e. The molecule has 0 bridgehead atoms. The maximum absolute atomic E-state index is 14.2. The highest BCUT2D eigenvalue weighted by atomic mass is 35.5. The summed E-state index contributed by atoms with van der Waals surface area (Å²) in [6.07, 6.45) is 0.278. The zero-order valence-corrected chi connectivity index (χ0v) is 48.9. The summed E-state index contributed by atoms with van der Waals surface area (Å²) in [7, 11) is -4.06. The summed E-state index contributed by atoms with van der Waals surface area (Å²) in [6.45, 7) is 5.47. The van der Waals surface area contributed by atoms with Crippen LogP contribution in [0.4, 0.5) is 0 Å². The number of hydrogen-bond donors (Lipinski definition) is 8. The third kappa shape index (κ3) is 23.0. The molecule has 6 amide bonds. The number of carbonyl (C=O) groups excluding carboxylic acids is 7. The number of nitrogens with one attached hydrogen (secondary N) is 7. The van der Waals surface area contributed by atoms with Crippen LogP contribution in [0.15, 0.2) is 137 Å². The molecule has 5 aromatic carbocycles. The normalized spacial score (nSPS) is 13.2. The van der Waals surface area contributed by atoms with E-state index in [1.165, 1.54) is 19.1 Å². The Bertz CT molecular complexity index is 3090. The van der Waals surface area contributed by atoms with Gasteiger partial charge in [0.2, 0.25) is 41.4 Å². The van der Waals surface area contributed by atoms with Gasteiger partial charge in [0.1, 0.15) is 43.1 Å². The van der Waals surface area contributed by atoms with Gasteiger partial charge in [0.15, 0.2) is 0 Å². The van der Waals surface area contributed by atoms with Crippen molar-refractivity contribution >= 4 is 80.6 Å². The minimum Gasteiger partial charge on any atom is -0.489 e. The molecule has 5 rings (SSSR count).